The Bertz CT molecular complexity index is 243. The van der Waals surface area contributed by atoms with Gasteiger partial charge >= 0.3 is 5.97 Å². The molecule has 0 aromatic heterocycles. The molecule has 0 amide bonds. The number of dihydropyridines is 1. The van der Waals surface area contributed by atoms with Gasteiger partial charge in [0.05, 0.1) is 5.57 Å². The Hall–Kier alpha value is -1.29. The molecule has 1 unspecified atom stereocenters. The minimum absolute atomic E-state index is 0.199. The second-order valence-corrected chi connectivity index (χ2v) is 2.44. The number of nitrogens with two attached hydrogens (primary N) is 1. The molecule has 4 N–H and O–H groups in total. The maximum Gasteiger partial charge on any atom is 0.335 e. The number of carbonyl (C=O) groups is 1. The van der Waals surface area contributed by atoms with Crippen molar-refractivity contribution in [3.8, 4) is 0 Å². The van der Waals surface area contributed by atoms with Gasteiger partial charge in [-0.25, -0.2) is 4.79 Å². The van der Waals surface area contributed by atoms with Crippen LogP contribution in [-0.2, 0) is 4.79 Å². The summed E-state index contributed by atoms with van der Waals surface area (Å²) in [6, 6.07) is 0. The van der Waals surface area contributed by atoms with Gasteiger partial charge in [0.1, 0.15) is 6.17 Å². The molecule has 0 aromatic rings. The molecule has 0 aliphatic carbocycles. The van der Waals surface area contributed by atoms with Crippen molar-refractivity contribution in [2.24, 2.45) is 5.73 Å². The molecule has 1 aliphatic rings. The molecule has 0 spiro atoms. The first kappa shape index (κ1) is 7.81. The van der Waals surface area contributed by atoms with E-state index in [0.29, 0.717) is 0 Å². The summed E-state index contributed by atoms with van der Waals surface area (Å²) in [5.74, 6) is -0.975. The van der Waals surface area contributed by atoms with Crippen molar-refractivity contribution in [1.29, 1.82) is 0 Å². The third-order valence-electron chi connectivity index (χ3n) is 1.46. The van der Waals surface area contributed by atoms with Gasteiger partial charge in [-0.05, 0) is 18.6 Å². The molecule has 0 radical (unpaired) electrons. The van der Waals surface area contributed by atoms with Crippen molar-refractivity contribution in [3.05, 3.63) is 23.4 Å². The maximum atomic E-state index is 10.5. The molecule has 1 heterocycles. The lowest BCUT2D eigenvalue weighted by Crippen LogP contribution is -2.40. The number of allylic oxidation sites excluding steroid dienone is 2. The quantitative estimate of drug-likeness (QED) is 0.488. The van der Waals surface area contributed by atoms with Crippen LogP contribution in [0, 0.1) is 0 Å². The van der Waals surface area contributed by atoms with E-state index in [2.05, 4.69) is 5.32 Å². The zero-order valence-electron chi connectivity index (χ0n) is 6.16. The Morgan fingerprint density at radius 2 is 2.45 bits per heavy atom. The highest BCUT2D eigenvalue weighted by molar-refractivity contribution is 5.88. The molecule has 11 heavy (non-hydrogen) atoms. The molecular formula is C7H10N2O2. The molecule has 60 valence electrons. The van der Waals surface area contributed by atoms with Crippen LogP contribution in [0.2, 0.25) is 0 Å². The van der Waals surface area contributed by atoms with Gasteiger partial charge in [0.15, 0.2) is 0 Å². The van der Waals surface area contributed by atoms with Crippen molar-refractivity contribution in [1.82, 2.24) is 5.32 Å². The van der Waals surface area contributed by atoms with Gasteiger partial charge < -0.3 is 16.2 Å². The fourth-order valence-electron chi connectivity index (χ4n) is 0.882. The van der Waals surface area contributed by atoms with E-state index in [1.165, 1.54) is 0 Å². The van der Waals surface area contributed by atoms with E-state index in [1.807, 2.05) is 6.92 Å². The number of carboxylic acids is 1. The van der Waals surface area contributed by atoms with Crippen molar-refractivity contribution in [2.45, 2.75) is 13.1 Å². The third-order valence-corrected chi connectivity index (χ3v) is 1.46. The third kappa shape index (κ3) is 1.59. The van der Waals surface area contributed by atoms with Crippen LogP contribution in [0.15, 0.2) is 23.4 Å². The van der Waals surface area contributed by atoms with Gasteiger partial charge in [0.25, 0.3) is 0 Å². The van der Waals surface area contributed by atoms with Crippen molar-refractivity contribution in [3.63, 3.8) is 0 Å². The van der Waals surface area contributed by atoms with Crippen molar-refractivity contribution in [2.75, 3.05) is 0 Å². The predicted molar refractivity (Wildman–Crippen MR) is 40.6 cm³/mol. The lowest BCUT2D eigenvalue weighted by molar-refractivity contribution is -0.133. The number of rotatable bonds is 1. The monoisotopic (exact) mass is 154 g/mol. The normalized spacial score (nSPS) is 23.3. The van der Waals surface area contributed by atoms with Gasteiger partial charge in [0, 0.05) is 6.20 Å². The Kier molecular flexibility index (Phi) is 1.96. The van der Waals surface area contributed by atoms with Crippen molar-refractivity contribution < 1.29 is 9.90 Å². The lowest BCUT2D eigenvalue weighted by atomic mass is 10.1. The number of carboxylic acid groups (broad SMARTS) is 1. The van der Waals surface area contributed by atoms with Crippen LogP contribution in [-0.4, -0.2) is 17.2 Å². The van der Waals surface area contributed by atoms with Crippen LogP contribution in [0.25, 0.3) is 0 Å². The summed E-state index contributed by atoms with van der Waals surface area (Å²) in [5.41, 5.74) is 6.50. The molecule has 0 bridgehead atoms. The SMILES string of the molecule is CC1=CNC(N)C(C(=O)O)=C1. The van der Waals surface area contributed by atoms with Crippen LogP contribution < -0.4 is 11.1 Å². The van der Waals surface area contributed by atoms with E-state index < -0.39 is 12.1 Å². The first-order valence-corrected chi connectivity index (χ1v) is 3.24. The zero-order chi connectivity index (χ0) is 8.43. The average molecular weight is 154 g/mol. The summed E-state index contributed by atoms with van der Waals surface area (Å²) in [6.07, 6.45) is 2.66. The second-order valence-electron chi connectivity index (χ2n) is 2.44. The summed E-state index contributed by atoms with van der Waals surface area (Å²) in [5, 5.41) is 11.3. The molecule has 0 saturated carbocycles. The first-order chi connectivity index (χ1) is 5.11. The summed E-state index contributed by atoms with van der Waals surface area (Å²) >= 11 is 0. The average Bonchev–Trinajstić information content (AvgIpc) is 1.94. The van der Waals surface area contributed by atoms with Gasteiger partial charge in [-0.3, -0.25) is 0 Å². The summed E-state index contributed by atoms with van der Waals surface area (Å²) in [7, 11) is 0. The van der Waals surface area contributed by atoms with Crippen LogP contribution in [0.5, 0.6) is 0 Å². The van der Waals surface area contributed by atoms with E-state index in [4.69, 9.17) is 10.8 Å². The van der Waals surface area contributed by atoms with Gasteiger partial charge in [0.2, 0.25) is 0 Å². The zero-order valence-corrected chi connectivity index (χ0v) is 6.16. The highest BCUT2D eigenvalue weighted by Crippen LogP contribution is 2.08. The Balaban J connectivity index is 2.90. The van der Waals surface area contributed by atoms with Gasteiger partial charge in [-0.15, -0.1) is 0 Å². The fourth-order valence-corrected chi connectivity index (χ4v) is 0.882. The van der Waals surface area contributed by atoms with Gasteiger partial charge in [-0.1, -0.05) is 0 Å². The Morgan fingerprint density at radius 1 is 1.82 bits per heavy atom. The molecule has 1 aliphatic heterocycles. The summed E-state index contributed by atoms with van der Waals surface area (Å²) < 4.78 is 0. The largest absolute Gasteiger partial charge is 0.478 e. The minimum atomic E-state index is -0.975. The number of hydrogen-bond acceptors (Lipinski definition) is 3. The predicted octanol–water partition coefficient (Wildman–Crippen LogP) is -0.211. The summed E-state index contributed by atoms with van der Waals surface area (Å²) in [4.78, 5) is 10.5. The molecule has 1 rings (SSSR count). The standard InChI is InChI=1S/C7H10N2O2/c1-4-2-5(7(10)11)6(8)9-3-4/h2-3,6,9H,8H2,1H3,(H,10,11). The van der Waals surface area contributed by atoms with Gasteiger partial charge in [-0.2, -0.15) is 0 Å². The molecule has 4 nitrogen and oxygen atoms in total. The topological polar surface area (TPSA) is 75.3 Å². The lowest BCUT2D eigenvalue weighted by Gasteiger charge is -2.17. The van der Waals surface area contributed by atoms with Crippen LogP contribution in [0.4, 0.5) is 0 Å². The van der Waals surface area contributed by atoms with E-state index >= 15 is 0 Å². The second kappa shape index (κ2) is 2.75. The van der Waals surface area contributed by atoms with Crippen LogP contribution >= 0.6 is 0 Å². The maximum absolute atomic E-state index is 10.5. The molecular weight excluding hydrogens is 144 g/mol. The first-order valence-electron chi connectivity index (χ1n) is 3.24. The molecule has 4 heteroatoms. The smallest absolute Gasteiger partial charge is 0.335 e. The highest BCUT2D eigenvalue weighted by atomic mass is 16.4. The molecule has 0 fully saturated rings. The molecule has 0 aromatic carbocycles. The number of hydrogen-bond donors (Lipinski definition) is 3. The van der Waals surface area contributed by atoms with Crippen LogP contribution in [0.1, 0.15) is 6.92 Å². The number of aliphatic carboxylic acids is 1. The minimum Gasteiger partial charge on any atom is -0.478 e. The van der Waals surface area contributed by atoms with Crippen molar-refractivity contribution >= 4 is 5.97 Å². The highest BCUT2D eigenvalue weighted by Gasteiger charge is 2.17. The summed E-state index contributed by atoms with van der Waals surface area (Å²) in [6.45, 7) is 1.81. The Morgan fingerprint density at radius 3 is 2.91 bits per heavy atom. The molecule has 1 atom stereocenters. The molecule has 0 saturated heterocycles. The van der Waals surface area contributed by atoms with E-state index in [1.54, 1.807) is 12.3 Å². The van der Waals surface area contributed by atoms with E-state index in [0.717, 1.165) is 5.57 Å². The number of nitrogens with one attached hydrogen (secondary N) is 1. The van der Waals surface area contributed by atoms with E-state index in [9.17, 15) is 4.79 Å². The fraction of sp³-hybridized carbons (Fsp3) is 0.286. The van der Waals surface area contributed by atoms with E-state index in [-0.39, 0.29) is 5.57 Å². The Labute approximate surface area is 64.4 Å². The van der Waals surface area contributed by atoms with Crippen LogP contribution in [0.3, 0.4) is 0 Å².